The van der Waals surface area contributed by atoms with Crippen LogP contribution in [0.25, 0.3) is 0 Å². The maximum atomic E-state index is 13.3. The zero-order valence-corrected chi connectivity index (χ0v) is 16.6. The topological polar surface area (TPSA) is 66.5 Å². The van der Waals surface area contributed by atoms with Gasteiger partial charge < -0.3 is 5.32 Å². The Morgan fingerprint density at radius 2 is 1.92 bits per heavy atom. The van der Waals surface area contributed by atoms with E-state index in [4.69, 9.17) is 0 Å². The Hall–Kier alpha value is -1.40. The van der Waals surface area contributed by atoms with Crippen molar-refractivity contribution in [2.75, 3.05) is 11.9 Å². The first-order chi connectivity index (χ1) is 12.1. The van der Waals surface area contributed by atoms with E-state index in [1.54, 1.807) is 28.6 Å². The van der Waals surface area contributed by atoms with Gasteiger partial charge in [0.15, 0.2) is 0 Å². The lowest BCUT2D eigenvalue weighted by Gasteiger charge is -2.39. The smallest absolute Gasteiger partial charge is 0.243 e. The molecule has 0 unspecified atom stereocenters. The molecule has 6 heteroatoms. The Morgan fingerprint density at radius 1 is 1.19 bits per heavy atom. The molecule has 0 spiro atoms. The van der Waals surface area contributed by atoms with Crippen LogP contribution in [0.1, 0.15) is 52.9 Å². The lowest BCUT2D eigenvalue weighted by molar-refractivity contribution is -0.117. The fraction of sp³-hybridized carbons (Fsp3) is 0.650. The number of carbonyl (C=O) groups excluding carboxylic acids is 1. The van der Waals surface area contributed by atoms with E-state index in [-0.39, 0.29) is 33.6 Å². The third-order valence-corrected chi connectivity index (χ3v) is 7.92. The van der Waals surface area contributed by atoms with Crippen molar-refractivity contribution >= 4 is 21.6 Å². The highest BCUT2D eigenvalue weighted by atomic mass is 32.2. The van der Waals surface area contributed by atoms with Gasteiger partial charge in [-0.1, -0.05) is 26.8 Å². The van der Waals surface area contributed by atoms with Gasteiger partial charge in [0.05, 0.1) is 4.90 Å². The molecule has 0 radical (unpaired) electrons. The normalized spacial score (nSPS) is 31.0. The highest BCUT2D eigenvalue weighted by Crippen LogP contribution is 2.53. The lowest BCUT2D eigenvalue weighted by atomic mass is 9.65. The van der Waals surface area contributed by atoms with Crippen molar-refractivity contribution in [3.8, 4) is 0 Å². The van der Waals surface area contributed by atoms with Crippen molar-refractivity contribution in [2.24, 2.45) is 16.7 Å². The molecule has 1 saturated heterocycles. The van der Waals surface area contributed by atoms with Gasteiger partial charge in [-0.3, -0.25) is 4.79 Å². The van der Waals surface area contributed by atoms with Crippen LogP contribution in [0.2, 0.25) is 0 Å². The summed E-state index contributed by atoms with van der Waals surface area (Å²) in [5, 5.41) is 2.85. The summed E-state index contributed by atoms with van der Waals surface area (Å²) in [6.07, 6.45) is 4.75. The minimum Gasteiger partial charge on any atom is -0.326 e. The number of hydrogen-bond donors (Lipinski definition) is 1. The SMILES string of the molecule is CC1(C)C[C@H]2C[C@@](C)(CN2S(=O)(=O)c2cccc(NC(=O)C3CC3)c2)C1. The molecule has 26 heavy (non-hydrogen) atoms. The van der Waals surface area contributed by atoms with Crippen molar-refractivity contribution in [1.29, 1.82) is 0 Å². The van der Waals surface area contributed by atoms with Crippen LogP contribution in [-0.2, 0) is 14.8 Å². The van der Waals surface area contributed by atoms with Crippen molar-refractivity contribution < 1.29 is 13.2 Å². The first-order valence-corrected chi connectivity index (χ1v) is 10.9. The van der Waals surface area contributed by atoms with Crippen molar-refractivity contribution in [1.82, 2.24) is 4.31 Å². The Bertz CT molecular complexity index is 844. The van der Waals surface area contributed by atoms with E-state index in [1.807, 2.05) is 0 Å². The number of nitrogens with zero attached hydrogens (tertiary/aromatic N) is 1. The van der Waals surface area contributed by atoms with E-state index >= 15 is 0 Å². The van der Waals surface area contributed by atoms with Crippen LogP contribution in [0.5, 0.6) is 0 Å². The summed E-state index contributed by atoms with van der Waals surface area (Å²) in [5.74, 6) is 0.0844. The Kier molecular flexibility index (Phi) is 4.01. The van der Waals surface area contributed by atoms with Crippen LogP contribution in [-0.4, -0.2) is 31.2 Å². The van der Waals surface area contributed by atoms with E-state index in [0.29, 0.717) is 12.2 Å². The second-order valence-corrected chi connectivity index (χ2v) is 11.4. The van der Waals surface area contributed by atoms with Crippen LogP contribution in [0, 0.1) is 16.7 Å². The highest BCUT2D eigenvalue weighted by molar-refractivity contribution is 7.89. The summed E-state index contributed by atoms with van der Waals surface area (Å²) in [5.41, 5.74) is 0.788. The molecule has 4 rings (SSSR count). The summed E-state index contributed by atoms with van der Waals surface area (Å²) in [4.78, 5) is 12.3. The van der Waals surface area contributed by atoms with Crippen molar-refractivity contribution in [2.45, 2.75) is 63.8 Å². The standard InChI is InChI=1S/C20H28N2O3S/c1-19(2)10-16-11-20(3,12-19)13-22(16)26(24,25)17-6-4-5-15(9-17)21-18(23)14-7-8-14/h4-6,9,14,16H,7-8,10-13H2,1-3H3,(H,21,23)/t16-,20+/m0/s1. The Morgan fingerprint density at radius 3 is 2.62 bits per heavy atom. The van der Waals surface area contributed by atoms with E-state index in [2.05, 4.69) is 26.1 Å². The number of fused-ring (bicyclic) bond motifs is 2. The molecule has 3 aliphatic rings. The van der Waals surface area contributed by atoms with Gasteiger partial charge >= 0.3 is 0 Å². The maximum Gasteiger partial charge on any atom is 0.243 e. The van der Waals surface area contributed by atoms with Crippen LogP contribution in [0.3, 0.4) is 0 Å². The van der Waals surface area contributed by atoms with Gasteiger partial charge in [0.1, 0.15) is 0 Å². The monoisotopic (exact) mass is 376 g/mol. The molecular formula is C20H28N2O3S. The summed E-state index contributed by atoms with van der Waals surface area (Å²) in [6, 6.07) is 6.77. The molecule has 0 aromatic heterocycles. The zero-order valence-electron chi connectivity index (χ0n) is 15.8. The molecular weight excluding hydrogens is 348 g/mol. The lowest BCUT2D eigenvalue weighted by Crippen LogP contribution is -2.37. The predicted octanol–water partition coefficient (Wildman–Crippen LogP) is 3.62. The first kappa shape index (κ1) is 18.0. The number of carbonyl (C=O) groups is 1. The van der Waals surface area contributed by atoms with E-state index in [0.717, 1.165) is 32.1 Å². The van der Waals surface area contributed by atoms with Crippen LogP contribution < -0.4 is 5.32 Å². The molecule has 1 heterocycles. The third kappa shape index (κ3) is 3.29. The third-order valence-electron chi connectivity index (χ3n) is 6.02. The molecule has 5 nitrogen and oxygen atoms in total. The number of sulfonamides is 1. The van der Waals surface area contributed by atoms with Gasteiger partial charge in [-0.15, -0.1) is 0 Å². The van der Waals surface area contributed by atoms with E-state index < -0.39 is 10.0 Å². The van der Waals surface area contributed by atoms with Crippen molar-refractivity contribution in [3.63, 3.8) is 0 Å². The Balaban J connectivity index is 1.60. The van der Waals surface area contributed by atoms with E-state index in [1.165, 1.54) is 0 Å². The average Bonchev–Trinajstić information content (AvgIpc) is 3.32. The molecule has 1 aromatic rings. The number of hydrogen-bond acceptors (Lipinski definition) is 3. The number of anilines is 1. The second-order valence-electron chi connectivity index (χ2n) is 9.56. The summed E-state index contributed by atoms with van der Waals surface area (Å²) in [7, 11) is -3.56. The van der Waals surface area contributed by atoms with Crippen LogP contribution in [0.4, 0.5) is 5.69 Å². The average molecular weight is 377 g/mol. The minimum atomic E-state index is -3.56. The molecule has 2 saturated carbocycles. The summed E-state index contributed by atoms with van der Waals surface area (Å²) in [6.45, 7) is 7.27. The molecule has 3 fully saturated rings. The quantitative estimate of drug-likeness (QED) is 0.873. The fourth-order valence-electron chi connectivity index (χ4n) is 5.15. The summed E-state index contributed by atoms with van der Waals surface area (Å²) >= 11 is 0. The number of rotatable bonds is 4. The first-order valence-electron chi connectivity index (χ1n) is 9.51. The fourth-order valence-corrected chi connectivity index (χ4v) is 6.97. The van der Waals surface area contributed by atoms with Gasteiger partial charge in [-0.2, -0.15) is 4.31 Å². The number of benzene rings is 1. The van der Waals surface area contributed by atoms with Gasteiger partial charge in [-0.25, -0.2) is 8.42 Å². The molecule has 1 N–H and O–H groups in total. The summed E-state index contributed by atoms with van der Waals surface area (Å²) < 4.78 is 28.4. The van der Waals surface area contributed by atoms with Crippen molar-refractivity contribution in [3.05, 3.63) is 24.3 Å². The van der Waals surface area contributed by atoms with E-state index in [9.17, 15) is 13.2 Å². The van der Waals surface area contributed by atoms with Gasteiger partial charge in [0.25, 0.3) is 0 Å². The molecule has 1 amide bonds. The maximum absolute atomic E-state index is 13.3. The Labute approximate surface area is 156 Å². The largest absolute Gasteiger partial charge is 0.326 e. The second kappa shape index (κ2) is 5.80. The molecule has 2 atom stereocenters. The molecule has 2 aliphatic carbocycles. The van der Waals surface area contributed by atoms with Gasteiger partial charge in [0.2, 0.25) is 15.9 Å². The number of amides is 1. The molecule has 2 bridgehead atoms. The van der Waals surface area contributed by atoms with Crippen LogP contribution >= 0.6 is 0 Å². The molecule has 1 aliphatic heterocycles. The molecule has 1 aromatic carbocycles. The predicted molar refractivity (Wildman–Crippen MR) is 101 cm³/mol. The zero-order chi connectivity index (χ0) is 18.7. The highest BCUT2D eigenvalue weighted by Gasteiger charge is 2.53. The minimum absolute atomic E-state index is 0.00848. The van der Waals surface area contributed by atoms with Crippen LogP contribution in [0.15, 0.2) is 29.2 Å². The van der Waals surface area contributed by atoms with Gasteiger partial charge in [0, 0.05) is 24.2 Å². The number of nitrogens with one attached hydrogen (secondary N) is 1. The molecule has 142 valence electrons. The van der Waals surface area contributed by atoms with Gasteiger partial charge in [-0.05, 0) is 61.1 Å².